The molecule has 2 atom stereocenters. The Hall–Kier alpha value is -1.99. The van der Waals surface area contributed by atoms with Gasteiger partial charge in [0, 0.05) is 24.4 Å². The van der Waals surface area contributed by atoms with E-state index in [0.717, 1.165) is 0 Å². The second-order valence-electron chi connectivity index (χ2n) is 3.68. The summed E-state index contributed by atoms with van der Waals surface area (Å²) < 4.78 is 0. The summed E-state index contributed by atoms with van der Waals surface area (Å²) in [5.41, 5.74) is 0.416. The quantitative estimate of drug-likeness (QED) is 0.505. The number of carbonyl (C=O) groups is 2. The molecule has 7 heteroatoms. The molecule has 1 aromatic rings. The number of nitrogens with one attached hydrogen (secondary N) is 1. The number of carboxylic acid groups (broad SMARTS) is 2. The zero-order valence-electron chi connectivity index (χ0n) is 9.48. The normalized spacial score (nSPS) is 13.8. The van der Waals surface area contributed by atoms with Crippen molar-refractivity contribution in [2.75, 3.05) is 0 Å². The molecule has 98 valence electrons. The second kappa shape index (κ2) is 6.67. The van der Waals surface area contributed by atoms with Crippen LogP contribution < -0.4 is 5.32 Å². The van der Waals surface area contributed by atoms with Gasteiger partial charge in [-0.3, -0.25) is 19.9 Å². The van der Waals surface area contributed by atoms with Crippen molar-refractivity contribution in [2.45, 2.75) is 25.1 Å². The molecule has 1 rings (SSSR count). The number of pyridine rings is 1. The van der Waals surface area contributed by atoms with E-state index in [1.807, 2.05) is 0 Å². The number of nitrogens with zero attached hydrogens (tertiary/aromatic N) is 1. The second-order valence-corrected chi connectivity index (χ2v) is 3.68. The van der Waals surface area contributed by atoms with Gasteiger partial charge >= 0.3 is 11.9 Å². The lowest BCUT2D eigenvalue weighted by atomic mass is 10.1. The summed E-state index contributed by atoms with van der Waals surface area (Å²) >= 11 is 0. The monoisotopic (exact) mass is 254 g/mol. The van der Waals surface area contributed by atoms with E-state index >= 15 is 0 Å². The van der Waals surface area contributed by atoms with Crippen molar-refractivity contribution >= 4 is 11.9 Å². The van der Waals surface area contributed by atoms with E-state index in [9.17, 15) is 14.7 Å². The average Bonchev–Trinajstić information content (AvgIpc) is 2.34. The SMILES string of the molecule is O=C(O)CCC(NC(O)c1cccnc1)C(=O)O. The fraction of sp³-hybridized carbons (Fsp3) is 0.364. The number of aromatic nitrogens is 1. The number of rotatable bonds is 7. The zero-order valence-corrected chi connectivity index (χ0v) is 9.48. The molecule has 2 unspecified atom stereocenters. The molecule has 0 radical (unpaired) electrons. The van der Waals surface area contributed by atoms with Gasteiger partial charge in [0.1, 0.15) is 12.3 Å². The third kappa shape index (κ3) is 4.48. The fourth-order valence-corrected chi connectivity index (χ4v) is 1.37. The highest BCUT2D eigenvalue weighted by Gasteiger charge is 2.22. The van der Waals surface area contributed by atoms with Crippen LogP contribution >= 0.6 is 0 Å². The van der Waals surface area contributed by atoms with Gasteiger partial charge in [0.15, 0.2) is 0 Å². The Morgan fingerprint density at radius 1 is 1.39 bits per heavy atom. The Morgan fingerprint density at radius 3 is 2.61 bits per heavy atom. The molecular formula is C11H14N2O5. The van der Waals surface area contributed by atoms with Crippen molar-refractivity contribution in [3.05, 3.63) is 30.1 Å². The first-order chi connectivity index (χ1) is 8.50. The lowest BCUT2D eigenvalue weighted by molar-refractivity contribution is -0.141. The highest BCUT2D eigenvalue weighted by Crippen LogP contribution is 2.10. The molecule has 4 N–H and O–H groups in total. The molecule has 1 aromatic heterocycles. The predicted octanol–water partition coefficient (Wildman–Crippen LogP) is -0.0199. The topological polar surface area (TPSA) is 120 Å². The molecule has 18 heavy (non-hydrogen) atoms. The summed E-state index contributed by atoms with van der Waals surface area (Å²) in [7, 11) is 0. The van der Waals surface area contributed by atoms with Gasteiger partial charge in [-0.2, -0.15) is 0 Å². The highest BCUT2D eigenvalue weighted by atomic mass is 16.4. The third-order valence-corrected chi connectivity index (χ3v) is 2.30. The van der Waals surface area contributed by atoms with Crippen LogP contribution in [-0.4, -0.2) is 38.3 Å². The van der Waals surface area contributed by atoms with E-state index in [1.165, 1.54) is 12.4 Å². The first-order valence-corrected chi connectivity index (χ1v) is 5.29. The maximum absolute atomic E-state index is 10.9. The Balaban J connectivity index is 2.60. The van der Waals surface area contributed by atoms with Crippen LogP contribution in [0.1, 0.15) is 24.6 Å². The maximum Gasteiger partial charge on any atom is 0.320 e. The molecule has 0 aliphatic rings. The Bertz CT molecular complexity index is 409. The zero-order chi connectivity index (χ0) is 13.5. The first-order valence-electron chi connectivity index (χ1n) is 5.29. The van der Waals surface area contributed by atoms with Crippen molar-refractivity contribution in [1.82, 2.24) is 10.3 Å². The molecule has 0 spiro atoms. The van der Waals surface area contributed by atoms with Crippen molar-refractivity contribution in [3.63, 3.8) is 0 Å². The molecule has 0 aromatic carbocycles. The smallest absolute Gasteiger partial charge is 0.320 e. The molecule has 0 saturated heterocycles. The largest absolute Gasteiger partial charge is 0.481 e. The van der Waals surface area contributed by atoms with Crippen LogP contribution in [0.4, 0.5) is 0 Å². The minimum absolute atomic E-state index is 0.109. The van der Waals surface area contributed by atoms with Crippen LogP contribution in [0.5, 0.6) is 0 Å². The van der Waals surface area contributed by atoms with Crippen LogP contribution in [0.3, 0.4) is 0 Å². The summed E-state index contributed by atoms with van der Waals surface area (Å²) in [5, 5.41) is 29.6. The van der Waals surface area contributed by atoms with Crippen molar-refractivity contribution in [3.8, 4) is 0 Å². The molecule has 0 aliphatic carbocycles. The minimum atomic E-state index is -1.21. The van der Waals surface area contributed by atoms with E-state index in [2.05, 4.69) is 10.3 Å². The van der Waals surface area contributed by atoms with Gasteiger partial charge in [-0.1, -0.05) is 6.07 Å². The summed E-state index contributed by atoms with van der Waals surface area (Å²) in [6.45, 7) is 0. The molecule has 7 nitrogen and oxygen atoms in total. The maximum atomic E-state index is 10.9. The fourth-order valence-electron chi connectivity index (χ4n) is 1.37. The molecule has 0 amide bonds. The number of aliphatic hydroxyl groups excluding tert-OH is 1. The van der Waals surface area contributed by atoms with E-state index < -0.39 is 24.2 Å². The lowest BCUT2D eigenvalue weighted by Gasteiger charge is -2.18. The van der Waals surface area contributed by atoms with Crippen molar-refractivity contribution < 1.29 is 24.9 Å². The Morgan fingerprint density at radius 2 is 2.11 bits per heavy atom. The third-order valence-electron chi connectivity index (χ3n) is 2.30. The molecule has 0 fully saturated rings. The summed E-state index contributed by atoms with van der Waals surface area (Å²) in [4.78, 5) is 25.1. The number of hydrogen-bond donors (Lipinski definition) is 4. The summed E-state index contributed by atoms with van der Waals surface area (Å²) in [6.07, 6.45) is 1.32. The standard InChI is InChI=1S/C11H14N2O5/c14-9(15)4-3-8(11(17)18)13-10(16)7-2-1-5-12-6-7/h1-2,5-6,8,10,13,16H,3-4H2,(H,14,15)(H,17,18). The van der Waals surface area contributed by atoms with Crippen molar-refractivity contribution in [2.24, 2.45) is 0 Å². The average molecular weight is 254 g/mol. The molecule has 0 aliphatic heterocycles. The number of hydrogen-bond acceptors (Lipinski definition) is 5. The molecular weight excluding hydrogens is 240 g/mol. The van der Waals surface area contributed by atoms with E-state index in [1.54, 1.807) is 12.1 Å². The van der Waals surface area contributed by atoms with Crippen LogP contribution in [0.2, 0.25) is 0 Å². The lowest BCUT2D eigenvalue weighted by Crippen LogP contribution is -2.39. The number of carboxylic acids is 2. The number of aliphatic carboxylic acids is 2. The first kappa shape index (κ1) is 14.1. The van der Waals surface area contributed by atoms with E-state index in [4.69, 9.17) is 10.2 Å². The molecule has 0 saturated carbocycles. The van der Waals surface area contributed by atoms with Gasteiger partial charge in [-0.25, -0.2) is 0 Å². The summed E-state index contributed by atoms with van der Waals surface area (Å²) in [6, 6.07) is 2.06. The van der Waals surface area contributed by atoms with Crippen LogP contribution in [0, 0.1) is 0 Å². The minimum Gasteiger partial charge on any atom is -0.481 e. The number of aliphatic hydroxyl groups is 1. The van der Waals surface area contributed by atoms with Crippen LogP contribution in [-0.2, 0) is 9.59 Å². The Labute approximate surface area is 103 Å². The van der Waals surface area contributed by atoms with Gasteiger partial charge in [0.05, 0.1) is 0 Å². The van der Waals surface area contributed by atoms with Crippen molar-refractivity contribution in [1.29, 1.82) is 0 Å². The van der Waals surface area contributed by atoms with Crippen LogP contribution in [0.15, 0.2) is 24.5 Å². The molecule has 0 bridgehead atoms. The Kier molecular flexibility index (Phi) is 5.22. The van der Waals surface area contributed by atoms with E-state index in [-0.39, 0.29) is 12.8 Å². The molecule has 1 heterocycles. The van der Waals surface area contributed by atoms with Gasteiger partial charge < -0.3 is 15.3 Å². The van der Waals surface area contributed by atoms with Gasteiger partial charge in [0.2, 0.25) is 0 Å². The van der Waals surface area contributed by atoms with Crippen LogP contribution in [0.25, 0.3) is 0 Å². The van der Waals surface area contributed by atoms with Gasteiger partial charge in [-0.15, -0.1) is 0 Å². The highest BCUT2D eigenvalue weighted by molar-refractivity contribution is 5.75. The summed E-state index contributed by atoms with van der Waals surface area (Å²) in [5.74, 6) is -2.29. The van der Waals surface area contributed by atoms with Gasteiger partial charge in [-0.05, 0) is 12.5 Å². The van der Waals surface area contributed by atoms with E-state index in [0.29, 0.717) is 5.56 Å². The van der Waals surface area contributed by atoms with Gasteiger partial charge in [0.25, 0.3) is 0 Å². The predicted molar refractivity (Wildman–Crippen MR) is 60.6 cm³/mol.